The van der Waals surface area contributed by atoms with Crippen LogP contribution in [0.4, 0.5) is 0 Å². The molecule has 2 atom stereocenters. The first kappa shape index (κ1) is 30.9. The Bertz CT molecular complexity index is 573. The monoisotopic (exact) mass is 462 g/mol. The third-order valence-electron chi connectivity index (χ3n) is 4.35. The van der Waals surface area contributed by atoms with Gasteiger partial charge in [0.1, 0.15) is 0 Å². The molecule has 0 aliphatic heterocycles. The van der Waals surface area contributed by atoms with Crippen LogP contribution in [0.2, 0.25) is 0 Å². The summed E-state index contributed by atoms with van der Waals surface area (Å²) in [6.45, 7) is 9.96. The summed E-state index contributed by atoms with van der Waals surface area (Å²) in [4.78, 5) is 0. The zero-order valence-corrected chi connectivity index (χ0v) is 20.3. The van der Waals surface area contributed by atoms with Crippen LogP contribution in [0.5, 0.6) is 0 Å². The van der Waals surface area contributed by atoms with E-state index >= 15 is 0 Å². The second-order valence-electron chi connectivity index (χ2n) is 7.59. The molecule has 0 saturated heterocycles. The van der Waals surface area contributed by atoms with Crippen LogP contribution in [0.15, 0.2) is 0 Å². The van der Waals surface area contributed by atoms with Crippen LogP contribution in [0, 0.1) is 5.92 Å². The van der Waals surface area contributed by atoms with Gasteiger partial charge in [-0.05, 0) is 25.2 Å². The van der Waals surface area contributed by atoms with Gasteiger partial charge in [0.15, 0.2) is 0 Å². The minimum Gasteiger partial charge on any atom is -0.264 e. The fraction of sp³-hybridized carbons (Fsp3) is 1.00. The molecule has 0 amide bonds. The average Bonchev–Trinajstić information content (AvgIpc) is 2.57. The van der Waals surface area contributed by atoms with Crippen LogP contribution in [0.3, 0.4) is 0 Å². The van der Waals surface area contributed by atoms with Crippen molar-refractivity contribution < 1.29 is 34.3 Å². The molecule has 0 aliphatic rings. The first-order valence-corrected chi connectivity index (χ1v) is 13.4. The molecule has 0 aliphatic carbocycles. The van der Waals surface area contributed by atoms with Crippen molar-refractivity contribution in [2.45, 2.75) is 117 Å². The highest BCUT2D eigenvalue weighted by atomic mass is 32.3. The molecule has 0 aromatic rings. The molecule has 0 saturated carbocycles. The van der Waals surface area contributed by atoms with Gasteiger partial charge < -0.3 is 0 Å². The largest absolute Gasteiger partial charge is 0.397 e. The van der Waals surface area contributed by atoms with Crippen LogP contribution in [0.25, 0.3) is 0 Å². The Morgan fingerprint density at radius 2 is 1.07 bits per heavy atom. The number of unbranched alkanes of at least 4 members (excludes halogenated alkanes) is 5. The predicted molar refractivity (Wildman–Crippen MR) is 115 cm³/mol. The van der Waals surface area contributed by atoms with Crippen LogP contribution in [-0.2, 0) is 29.2 Å². The van der Waals surface area contributed by atoms with E-state index in [0.29, 0.717) is 19.3 Å². The summed E-state index contributed by atoms with van der Waals surface area (Å²) >= 11 is 0. The second kappa shape index (κ2) is 17.4. The van der Waals surface area contributed by atoms with Crippen LogP contribution >= 0.6 is 0 Å². The number of rotatable bonds is 16. The van der Waals surface area contributed by atoms with E-state index in [9.17, 15) is 16.8 Å². The Hall–Kier alpha value is -0.260. The van der Waals surface area contributed by atoms with Gasteiger partial charge in [-0.15, -0.1) is 0 Å². The Morgan fingerprint density at radius 3 is 1.45 bits per heavy atom. The molecule has 29 heavy (non-hydrogen) atoms. The van der Waals surface area contributed by atoms with Crippen molar-refractivity contribution in [3.63, 3.8) is 0 Å². The van der Waals surface area contributed by atoms with Crippen molar-refractivity contribution in [1.82, 2.24) is 0 Å². The summed E-state index contributed by atoms with van der Waals surface area (Å²) in [5.74, 6) is 0.0915. The van der Waals surface area contributed by atoms with E-state index in [0.717, 1.165) is 51.4 Å². The molecule has 2 unspecified atom stereocenters. The molecule has 0 spiro atoms. The zero-order valence-electron chi connectivity index (χ0n) is 18.7. The van der Waals surface area contributed by atoms with Crippen LogP contribution in [-0.4, -0.2) is 38.1 Å². The van der Waals surface area contributed by atoms with E-state index in [1.165, 1.54) is 0 Å². The van der Waals surface area contributed by atoms with Gasteiger partial charge in [0, 0.05) is 0 Å². The minimum absolute atomic E-state index is 0.0915. The molecular weight excluding hydrogens is 420 g/mol. The maximum atomic E-state index is 10.6. The molecule has 0 fully saturated rings. The standard InChI is InChI=1S/C10H22O4S.C9H20O4S/c1-3-5-7-9-10(8-6-4-2)14-15(11,12)13;1-4-5-6-7-9(8(2)3)13-14(10,11)12/h10H,3-9H2,1-2H3,(H,11,12,13);8-9H,4-7H2,1-3H3,(H,10,11,12). The summed E-state index contributed by atoms with van der Waals surface area (Å²) in [6.07, 6.45) is 9.39. The van der Waals surface area contributed by atoms with E-state index < -0.39 is 26.9 Å². The van der Waals surface area contributed by atoms with E-state index in [2.05, 4.69) is 22.2 Å². The molecule has 0 aromatic carbocycles. The first-order valence-electron chi connectivity index (χ1n) is 10.7. The van der Waals surface area contributed by atoms with E-state index in [4.69, 9.17) is 9.11 Å². The van der Waals surface area contributed by atoms with Crippen LogP contribution < -0.4 is 0 Å². The van der Waals surface area contributed by atoms with Crippen LogP contribution in [0.1, 0.15) is 105 Å². The minimum atomic E-state index is -4.31. The molecule has 0 bridgehead atoms. The molecule has 8 nitrogen and oxygen atoms in total. The molecule has 10 heteroatoms. The first-order chi connectivity index (χ1) is 13.4. The third kappa shape index (κ3) is 23.9. The third-order valence-corrected chi connectivity index (χ3v) is 5.35. The van der Waals surface area contributed by atoms with Crippen molar-refractivity contribution in [1.29, 1.82) is 0 Å². The van der Waals surface area contributed by atoms with Crippen molar-refractivity contribution >= 4 is 20.8 Å². The normalized spacial score (nSPS) is 14.3. The van der Waals surface area contributed by atoms with Gasteiger partial charge in [0.05, 0.1) is 12.2 Å². The Morgan fingerprint density at radius 1 is 0.655 bits per heavy atom. The Labute approximate surface area is 178 Å². The lowest BCUT2D eigenvalue weighted by Crippen LogP contribution is -2.23. The van der Waals surface area contributed by atoms with E-state index in [1.54, 1.807) is 0 Å². The molecule has 0 radical (unpaired) electrons. The van der Waals surface area contributed by atoms with Crippen molar-refractivity contribution in [2.24, 2.45) is 5.92 Å². The van der Waals surface area contributed by atoms with Gasteiger partial charge in [-0.25, -0.2) is 8.37 Å². The van der Waals surface area contributed by atoms with E-state index in [-0.39, 0.29) is 12.0 Å². The van der Waals surface area contributed by atoms with Crippen molar-refractivity contribution in [2.75, 3.05) is 0 Å². The lowest BCUT2D eigenvalue weighted by atomic mass is 10.0. The van der Waals surface area contributed by atoms with Crippen molar-refractivity contribution in [3.05, 3.63) is 0 Å². The predicted octanol–water partition coefficient (Wildman–Crippen LogP) is 5.36. The maximum absolute atomic E-state index is 10.6. The quantitative estimate of drug-likeness (QED) is 0.232. The summed E-state index contributed by atoms with van der Waals surface area (Å²) in [5.41, 5.74) is 0. The Balaban J connectivity index is 0. The topological polar surface area (TPSA) is 127 Å². The lowest BCUT2D eigenvalue weighted by Gasteiger charge is -2.18. The van der Waals surface area contributed by atoms with Gasteiger partial charge in [-0.3, -0.25) is 9.11 Å². The maximum Gasteiger partial charge on any atom is 0.397 e. The molecular formula is C19H42O8S2. The average molecular weight is 463 g/mol. The van der Waals surface area contributed by atoms with Gasteiger partial charge in [0.2, 0.25) is 0 Å². The summed E-state index contributed by atoms with van der Waals surface area (Å²) in [7, 11) is -8.60. The summed E-state index contributed by atoms with van der Waals surface area (Å²) in [6, 6.07) is 0. The highest BCUT2D eigenvalue weighted by Gasteiger charge is 2.20. The van der Waals surface area contributed by atoms with Gasteiger partial charge >= 0.3 is 20.8 Å². The van der Waals surface area contributed by atoms with Gasteiger partial charge in [-0.2, -0.15) is 16.8 Å². The zero-order chi connectivity index (χ0) is 22.9. The van der Waals surface area contributed by atoms with E-state index in [1.807, 2.05) is 20.8 Å². The summed E-state index contributed by atoms with van der Waals surface area (Å²) in [5, 5.41) is 0. The fourth-order valence-corrected chi connectivity index (χ4v) is 3.88. The number of hydrogen-bond acceptors (Lipinski definition) is 6. The number of hydrogen-bond donors (Lipinski definition) is 2. The lowest BCUT2D eigenvalue weighted by molar-refractivity contribution is 0.127. The molecule has 0 heterocycles. The molecule has 0 rings (SSSR count). The molecule has 2 N–H and O–H groups in total. The molecule has 178 valence electrons. The second-order valence-corrected chi connectivity index (χ2v) is 9.68. The van der Waals surface area contributed by atoms with Gasteiger partial charge in [-0.1, -0.05) is 86.0 Å². The van der Waals surface area contributed by atoms with Gasteiger partial charge in [0.25, 0.3) is 0 Å². The Kier molecular flexibility index (Phi) is 18.6. The smallest absolute Gasteiger partial charge is 0.264 e. The highest BCUT2D eigenvalue weighted by Crippen LogP contribution is 2.17. The summed E-state index contributed by atoms with van der Waals surface area (Å²) < 4.78 is 68.5. The highest BCUT2D eigenvalue weighted by molar-refractivity contribution is 7.81. The fourth-order valence-electron chi connectivity index (χ4n) is 2.71. The molecule has 0 aromatic heterocycles. The van der Waals surface area contributed by atoms with Crippen molar-refractivity contribution in [3.8, 4) is 0 Å². The SMILES string of the molecule is CCCCCC(CCCC)OS(=O)(=O)O.CCCCCC(OS(=O)(=O)O)C(C)C.